The number of nitrogens with one attached hydrogen (secondary N) is 2. The molecule has 2 aromatic carbocycles. The highest BCUT2D eigenvalue weighted by atomic mass is 32.2. The molecule has 0 heterocycles. The van der Waals surface area contributed by atoms with Crippen LogP contribution < -0.4 is 15.8 Å². The molecule has 0 aliphatic carbocycles. The predicted molar refractivity (Wildman–Crippen MR) is 96.6 cm³/mol. The molecule has 0 aliphatic rings. The number of esters is 1. The Kier molecular flexibility index (Phi) is 6.27. The van der Waals surface area contributed by atoms with E-state index < -0.39 is 34.4 Å². The minimum atomic E-state index is -3.72. The van der Waals surface area contributed by atoms with Gasteiger partial charge >= 0.3 is 5.97 Å². The second-order valence-corrected chi connectivity index (χ2v) is 7.16. The third-order valence-corrected chi connectivity index (χ3v) is 4.86. The van der Waals surface area contributed by atoms with Gasteiger partial charge in [0.2, 0.25) is 10.0 Å². The fourth-order valence-electron chi connectivity index (χ4n) is 2.12. The Morgan fingerprint density at radius 3 is 2.44 bits per heavy atom. The van der Waals surface area contributed by atoms with E-state index in [2.05, 4.69) is 10.0 Å². The van der Waals surface area contributed by atoms with Gasteiger partial charge in [-0.3, -0.25) is 9.59 Å². The van der Waals surface area contributed by atoms with Gasteiger partial charge in [-0.25, -0.2) is 17.9 Å². The lowest BCUT2D eigenvalue weighted by Crippen LogP contribution is -2.23. The van der Waals surface area contributed by atoms with Crippen molar-refractivity contribution >= 4 is 33.5 Å². The lowest BCUT2D eigenvalue weighted by Gasteiger charge is -2.10. The van der Waals surface area contributed by atoms with E-state index in [0.29, 0.717) is 0 Å². The van der Waals surface area contributed by atoms with Crippen molar-refractivity contribution in [1.82, 2.24) is 4.72 Å². The normalized spacial score (nSPS) is 10.9. The van der Waals surface area contributed by atoms with Gasteiger partial charge in [0.25, 0.3) is 11.8 Å². The van der Waals surface area contributed by atoms with Crippen LogP contribution in [0.2, 0.25) is 0 Å². The van der Waals surface area contributed by atoms with Crippen LogP contribution in [0.3, 0.4) is 0 Å². The number of primary amides is 1. The highest BCUT2D eigenvalue weighted by Gasteiger charge is 2.16. The molecule has 0 aliphatic heterocycles. The second-order valence-electron chi connectivity index (χ2n) is 5.27. The van der Waals surface area contributed by atoms with E-state index in [1.807, 2.05) is 0 Å². The van der Waals surface area contributed by atoms with E-state index in [0.717, 1.165) is 6.07 Å². The minimum absolute atomic E-state index is 0.0309. The molecule has 0 unspecified atom stereocenters. The molecule has 2 aromatic rings. The van der Waals surface area contributed by atoms with Gasteiger partial charge < -0.3 is 15.8 Å². The molecule has 0 radical (unpaired) electrons. The van der Waals surface area contributed by atoms with Crippen molar-refractivity contribution in [3.8, 4) is 0 Å². The van der Waals surface area contributed by atoms with E-state index >= 15 is 0 Å². The number of hydrogen-bond acceptors (Lipinski definition) is 6. The van der Waals surface area contributed by atoms with Crippen LogP contribution in [0.4, 0.5) is 5.69 Å². The van der Waals surface area contributed by atoms with Crippen molar-refractivity contribution < 1.29 is 27.5 Å². The minimum Gasteiger partial charge on any atom is -0.452 e. The number of carbonyl (C=O) groups is 3. The molecule has 10 heteroatoms. The van der Waals surface area contributed by atoms with Crippen LogP contribution in [0.5, 0.6) is 0 Å². The van der Waals surface area contributed by atoms with Crippen LogP contribution >= 0.6 is 0 Å². The Morgan fingerprint density at radius 2 is 1.78 bits per heavy atom. The van der Waals surface area contributed by atoms with Gasteiger partial charge in [-0.05, 0) is 37.4 Å². The van der Waals surface area contributed by atoms with E-state index in [1.165, 1.54) is 37.4 Å². The van der Waals surface area contributed by atoms with Crippen molar-refractivity contribution in [3.05, 3.63) is 59.7 Å². The first-order valence-electron chi connectivity index (χ1n) is 7.64. The van der Waals surface area contributed by atoms with Crippen LogP contribution in [0, 0.1) is 0 Å². The van der Waals surface area contributed by atoms with Crippen LogP contribution in [-0.2, 0) is 19.6 Å². The maximum Gasteiger partial charge on any atom is 0.338 e. The first-order valence-corrected chi connectivity index (χ1v) is 9.12. The molecular formula is C17H17N3O6S. The number of benzene rings is 2. The lowest BCUT2D eigenvalue weighted by atomic mass is 10.1. The number of para-hydroxylation sites is 1. The molecule has 0 spiro atoms. The van der Waals surface area contributed by atoms with E-state index in [9.17, 15) is 22.8 Å². The Bertz CT molecular complexity index is 988. The molecule has 0 atom stereocenters. The quantitative estimate of drug-likeness (QED) is 0.586. The molecular weight excluding hydrogens is 374 g/mol. The summed E-state index contributed by atoms with van der Waals surface area (Å²) in [5.74, 6) is -2.28. The predicted octanol–water partition coefficient (Wildman–Crippen LogP) is 0.489. The number of sulfonamides is 1. The summed E-state index contributed by atoms with van der Waals surface area (Å²) in [7, 11) is -2.48. The number of carbonyl (C=O) groups excluding carboxylic acids is 3. The molecule has 0 aromatic heterocycles. The fraction of sp³-hybridized carbons (Fsp3) is 0.118. The highest BCUT2D eigenvalue weighted by Crippen LogP contribution is 2.15. The second kappa shape index (κ2) is 8.43. The van der Waals surface area contributed by atoms with Crippen molar-refractivity contribution in [3.63, 3.8) is 0 Å². The Balaban J connectivity index is 2.03. The molecule has 27 heavy (non-hydrogen) atoms. The summed E-state index contributed by atoms with van der Waals surface area (Å²) in [6.45, 7) is -0.630. The molecule has 0 saturated carbocycles. The molecule has 0 fully saturated rings. The summed E-state index contributed by atoms with van der Waals surface area (Å²) in [4.78, 5) is 35.2. The van der Waals surface area contributed by atoms with Gasteiger partial charge in [0.1, 0.15) is 0 Å². The molecule has 9 nitrogen and oxygen atoms in total. The molecule has 2 rings (SSSR count). The van der Waals surface area contributed by atoms with E-state index in [-0.39, 0.29) is 21.7 Å². The molecule has 2 amide bonds. The standard InChI is InChI=1S/C17H17N3O6S/c1-19-27(24,25)12-6-4-5-11(9-12)17(23)26-10-15(21)20-14-8-3-2-7-13(14)16(18)22/h2-9,19H,10H2,1H3,(H2,18,22)(H,20,21). The lowest BCUT2D eigenvalue weighted by molar-refractivity contribution is -0.119. The van der Waals surface area contributed by atoms with Crippen molar-refractivity contribution in [1.29, 1.82) is 0 Å². The van der Waals surface area contributed by atoms with Gasteiger partial charge in [0.05, 0.1) is 21.7 Å². The maximum absolute atomic E-state index is 12.1. The monoisotopic (exact) mass is 391 g/mol. The summed E-state index contributed by atoms with van der Waals surface area (Å²) >= 11 is 0. The van der Waals surface area contributed by atoms with Gasteiger partial charge in [-0.1, -0.05) is 18.2 Å². The third-order valence-electron chi connectivity index (χ3n) is 3.45. The van der Waals surface area contributed by atoms with E-state index in [1.54, 1.807) is 12.1 Å². The number of ether oxygens (including phenoxy) is 1. The van der Waals surface area contributed by atoms with Crippen molar-refractivity contribution in [2.24, 2.45) is 5.73 Å². The zero-order chi connectivity index (χ0) is 20.0. The third kappa shape index (κ3) is 5.12. The summed E-state index contributed by atoms with van der Waals surface area (Å²) in [6.07, 6.45) is 0. The van der Waals surface area contributed by atoms with Crippen LogP contribution in [0.25, 0.3) is 0 Å². The zero-order valence-electron chi connectivity index (χ0n) is 14.3. The van der Waals surface area contributed by atoms with Gasteiger partial charge in [0.15, 0.2) is 6.61 Å². The molecule has 0 saturated heterocycles. The van der Waals surface area contributed by atoms with Crippen LogP contribution in [-0.4, -0.2) is 39.9 Å². The van der Waals surface area contributed by atoms with E-state index in [4.69, 9.17) is 10.5 Å². The Hall–Kier alpha value is -3.24. The topological polar surface area (TPSA) is 145 Å². The smallest absolute Gasteiger partial charge is 0.338 e. The number of nitrogens with two attached hydrogens (primary N) is 1. The number of anilines is 1. The maximum atomic E-state index is 12.1. The van der Waals surface area contributed by atoms with Crippen molar-refractivity contribution in [2.45, 2.75) is 4.90 Å². The molecule has 4 N–H and O–H groups in total. The number of hydrogen-bond donors (Lipinski definition) is 3. The Morgan fingerprint density at radius 1 is 1.07 bits per heavy atom. The largest absolute Gasteiger partial charge is 0.452 e. The summed E-state index contributed by atoms with van der Waals surface area (Å²) in [5.41, 5.74) is 5.49. The highest BCUT2D eigenvalue weighted by molar-refractivity contribution is 7.89. The summed E-state index contributed by atoms with van der Waals surface area (Å²) in [5, 5.41) is 2.42. The Labute approximate surface area is 155 Å². The number of amides is 2. The summed E-state index contributed by atoms with van der Waals surface area (Å²) in [6, 6.07) is 11.3. The van der Waals surface area contributed by atoms with Crippen molar-refractivity contribution in [2.75, 3.05) is 19.0 Å². The SMILES string of the molecule is CNS(=O)(=O)c1cccc(C(=O)OCC(=O)Nc2ccccc2C(N)=O)c1. The number of rotatable bonds is 7. The van der Waals surface area contributed by atoms with Crippen LogP contribution in [0.15, 0.2) is 53.4 Å². The van der Waals surface area contributed by atoms with Gasteiger partial charge in [-0.2, -0.15) is 0 Å². The molecule has 142 valence electrons. The summed E-state index contributed by atoms with van der Waals surface area (Å²) < 4.78 is 30.5. The fourth-order valence-corrected chi connectivity index (χ4v) is 2.89. The first kappa shape index (κ1) is 20.1. The van der Waals surface area contributed by atoms with Crippen LogP contribution in [0.1, 0.15) is 20.7 Å². The average Bonchev–Trinajstić information content (AvgIpc) is 2.66. The first-order chi connectivity index (χ1) is 12.7. The van der Waals surface area contributed by atoms with Gasteiger partial charge in [0, 0.05) is 0 Å². The molecule has 0 bridgehead atoms. The average molecular weight is 391 g/mol. The zero-order valence-corrected chi connectivity index (χ0v) is 15.1. The van der Waals surface area contributed by atoms with Gasteiger partial charge in [-0.15, -0.1) is 0 Å².